The first-order valence-electron chi connectivity index (χ1n) is 7.14. The fourth-order valence-corrected chi connectivity index (χ4v) is 3.69. The van der Waals surface area contributed by atoms with Crippen molar-refractivity contribution < 1.29 is 0 Å². The fraction of sp³-hybridized carbons (Fsp3) is 0.333. The number of nitrogens with zero attached hydrogens (tertiary/aromatic N) is 3. The predicted octanol–water partition coefficient (Wildman–Crippen LogP) is 4.51. The van der Waals surface area contributed by atoms with Gasteiger partial charge in [0.05, 0.1) is 16.2 Å². The number of benzene rings is 1. The summed E-state index contributed by atoms with van der Waals surface area (Å²) in [6, 6.07) is 5.49. The van der Waals surface area contributed by atoms with Gasteiger partial charge in [0.2, 0.25) is 0 Å². The molecule has 2 aromatic rings. The van der Waals surface area contributed by atoms with Crippen LogP contribution in [0.4, 0.5) is 11.6 Å². The second kappa shape index (κ2) is 6.94. The zero-order valence-corrected chi connectivity index (χ0v) is 14.3. The Hall–Kier alpha value is -1.17. The Labute approximate surface area is 144 Å². The van der Waals surface area contributed by atoms with Crippen LogP contribution in [0.5, 0.6) is 0 Å². The Bertz CT molecular complexity index is 675. The summed E-state index contributed by atoms with van der Waals surface area (Å²) in [5.41, 5.74) is 6.07. The standard InChI is InChI=1S/C15H16Cl2N4S/c16-10-5-4-6-11(13(10)17)22-15-14(18)20-12(9-19-15)21-7-2-1-3-8-21/h4-6,9H,1-3,7-8H2,(H2,18,20). The summed E-state index contributed by atoms with van der Waals surface area (Å²) in [4.78, 5) is 12.0. The van der Waals surface area contributed by atoms with E-state index in [1.165, 1.54) is 31.0 Å². The van der Waals surface area contributed by atoms with Crippen LogP contribution in [0.15, 0.2) is 34.3 Å². The van der Waals surface area contributed by atoms with E-state index in [1.54, 1.807) is 12.3 Å². The van der Waals surface area contributed by atoms with Gasteiger partial charge in [-0.3, -0.25) is 0 Å². The lowest BCUT2D eigenvalue weighted by molar-refractivity contribution is 0.572. The van der Waals surface area contributed by atoms with Crippen LogP contribution in [-0.2, 0) is 0 Å². The topological polar surface area (TPSA) is 55.0 Å². The third-order valence-electron chi connectivity index (χ3n) is 3.55. The summed E-state index contributed by atoms with van der Waals surface area (Å²) in [6.45, 7) is 2.03. The van der Waals surface area contributed by atoms with E-state index in [0.29, 0.717) is 20.9 Å². The molecule has 7 heteroatoms. The van der Waals surface area contributed by atoms with Crippen LogP contribution >= 0.6 is 35.0 Å². The first kappa shape index (κ1) is 15.7. The molecule has 0 aliphatic carbocycles. The SMILES string of the molecule is Nc1nc(N2CCCCC2)cnc1Sc1cccc(Cl)c1Cl. The highest BCUT2D eigenvalue weighted by Gasteiger charge is 2.15. The molecule has 1 aliphatic heterocycles. The van der Waals surface area contributed by atoms with Crippen LogP contribution in [0.25, 0.3) is 0 Å². The number of nitrogen functional groups attached to an aromatic ring is 1. The highest BCUT2D eigenvalue weighted by Crippen LogP contribution is 2.38. The normalized spacial score (nSPS) is 15.1. The zero-order chi connectivity index (χ0) is 15.5. The maximum absolute atomic E-state index is 6.20. The second-order valence-corrected chi connectivity index (χ2v) is 6.94. The maximum Gasteiger partial charge on any atom is 0.158 e. The third-order valence-corrected chi connectivity index (χ3v) is 5.55. The summed E-state index contributed by atoms with van der Waals surface area (Å²) in [5, 5.41) is 1.67. The molecule has 1 aromatic carbocycles. The number of rotatable bonds is 3. The van der Waals surface area contributed by atoms with Crippen molar-refractivity contribution in [2.45, 2.75) is 29.2 Å². The number of hydrogen-bond donors (Lipinski definition) is 1. The van der Waals surface area contributed by atoms with E-state index >= 15 is 0 Å². The molecule has 0 atom stereocenters. The second-order valence-electron chi connectivity index (χ2n) is 5.12. The number of aromatic nitrogens is 2. The van der Waals surface area contributed by atoms with Gasteiger partial charge in [0.25, 0.3) is 0 Å². The minimum atomic E-state index is 0.420. The zero-order valence-electron chi connectivity index (χ0n) is 11.9. The Balaban J connectivity index is 1.81. The van der Waals surface area contributed by atoms with E-state index < -0.39 is 0 Å². The van der Waals surface area contributed by atoms with Gasteiger partial charge in [-0.1, -0.05) is 41.0 Å². The van der Waals surface area contributed by atoms with Gasteiger partial charge in [0.1, 0.15) is 10.8 Å². The van der Waals surface area contributed by atoms with Crippen molar-refractivity contribution >= 4 is 46.6 Å². The third kappa shape index (κ3) is 3.42. The van der Waals surface area contributed by atoms with Crippen molar-refractivity contribution in [3.05, 3.63) is 34.4 Å². The number of piperidine rings is 1. The highest BCUT2D eigenvalue weighted by atomic mass is 35.5. The maximum atomic E-state index is 6.20. The summed E-state index contributed by atoms with van der Waals surface area (Å²) in [7, 11) is 0. The molecule has 1 saturated heterocycles. The van der Waals surface area contributed by atoms with Crippen LogP contribution in [0, 0.1) is 0 Å². The van der Waals surface area contributed by atoms with Crippen molar-refractivity contribution in [1.82, 2.24) is 9.97 Å². The lowest BCUT2D eigenvalue weighted by atomic mass is 10.1. The summed E-state index contributed by atoms with van der Waals surface area (Å²) < 4.78 is 0. The Morgan fingerprint density at radius 3 is 2.64 bits per heavy atom. The molecule has 0 unspecified atom stereocenters. The molecule has 0 radical (unpaired) electrons. The quantitative estimate of drug-likeness (QED) is 0.878. The molecule has 116 valence electrons. The van der Waals surface area contributed by atoms with E-state index in [1.807, 2.05) is 12.1 Å². The fourth-order valence-electron chi connectivity index (χ4n) is 2.40. The largest absolute Gasteiger partial charge is 0.381 e. The molecule has 0 spiro atoms. The molecule has 2 N–H and O–H groups in total. The van der Waals surface area contributed by atoms with Crippen LogP contribution in [0.1, 0.15) is 19.3 Å². The molecule has 1 aromatic heterocycles. The Morgan fingerprint density at radius 2 is 1.91 bits per heavy atom. The van der Waals surface area contributed by atoms with Crippen LogP contribution in [0.2, 0.25) is 10.0 Å². The molecule has 0 bridgehead atoms. The first-order valence-corrected chi connectivity index (χ1v) is 8.72. The van der Waals surface area contributed by atoms with Gasteiger partial charge in [0.15, 0.2) is 5.82 Å². The Kier molecular flexibility index (Phi) is 4.96. The van der Waals surface area contributed by atoms with E-state index in [9.17, 15) is 0 Å². The number of anilines is 2. The monoisotopic (exact) mass is 354 g/mol. The molecule has 0 amide bonds. The van der Waals surface area contributed by atoms with Gasteiger partial charge in [-0.2, -0.15) is 0 Å². The van der Waals surface area contributed by atoms with Gasteiger partial charge in [-0.15, -0.1) is 0 Å². The summed E-state index contributed by atoms with van der Waals surface area (Å²) in [5.74, 6) is 1.27. The molecule has 3 rings (SSSR count). The van der Waals surface area contributed by atoms with Gasteiger partial charge in [-0.05, 0) is 31.4 Å². The molecular weight excluding hydrogens is 339 g/mol. The first-order chi connectivity index (χ1) is 10.6. The average molecular weight is 355 g/mol. The van der Waals surface area contributed by atoms with Crippen LogP contribution in [0.3, 0.4) is 0 Å². The van der Waals surface area contributed by atoms with Gasteiger partial charge < -0.3 is 10.6 Å². The smallest absolute Gasteiger partial charge is 0.158 e. The molecule has 0 saturated carbocycles. The van der Waals surface area contributed by atoms with Crippen LogP contribution < -0.4 is 10.6 Å². The minimum absolute atomic E-state index is 0.420. The average Bonchev–Trinajstić information content (AvgIpc) is 2.54. The molecular formula is C15H16Cl2N4S. The molecule has 4 nitrogen and oxygen atoms in total. The molecule has 1 fully saturated rings. The summed E-state index contributed by atoms with van der Waals surface area (Å²) >= 11 is 13.6. The Morgan fingerprint density at radius 1 is 1.14 bits per heavy atom. The van der Waals surface area contributed by atoms with Gasteiger partial charge in [0, 0.05) is 18.0 Å². The lowest BCUT2D eigenvalue weighted by Crippen LogP contribution is -2.30. The minimum Gasteiger partial charge on any atom is -0.381 e. The van der Waals surface area contributed by atoms with Crippen molar-refractivity contribution in [2.24, 2.45) is 0 Å². The van der Waals surface area contributed by atoms with Crippen molar-refractivity contribution in [3.8, 4) is 0 Å². The number of halogens is 2. The molecule has 1 aliphatic rings. The van der Waals surface area contributed by atoms with E-state index in [4.69, 9.17) is 28.9 Å². The molecule has 22 heavy (non-hydrogen) atoms. The van der Waals surface area contributed by atoms with Crippen molar-refractivity contribution in [3.63, 3.8) is 0 Å². The van der Waals surface area contributed by atoms with E-state index in [2.05, 4.69) is 14.9 Å². The van der Waals surface area contributed by atoms with Gasteiger partial charge >= 0.3 is 0 Å². The van der Waals surface area contributed by atoms with Crippen molar-refractivity contribution in [1.29, 1.82) is 0 Å². The number of nitrogens with two attached hydrogens (primary N) is 1. The van der Waals surface area contributed by atoms with E-state index in [0.717, 1.165) is 23.8 Å². The predicted molar refractivity (Wildman–Crippen MR) is 93.1 cm³/mol. The lowest BCUT2D eigenvalue weighted by Gasteiger charge is -2.27. The van der Waals surface area contributed by atoms with Gasteiger partial charge in [-0.25, -0.2) is 9.97 Å². The van der Waals surface area contributed by atoms with Crippen molar-refractivity contribution in [2.75, 3.05) is 23.7 Å². The molecule has 2 heterocycles. The summed E-state index contributed by atoms with van der Waals surface area (Å²) in [6.07, 6.45) is 5.44. The van der Waals surface area contributed by atoms with Crippen LogP contribution in [-0.4, -0.2) is 23.1 Å². The van der Waals surface area contributed by atoms with E-state index in [-0.39, 0.29) is 0 Å². The highest BCUT2D eigenvalue weighted by molar-refractivity contribution is 7.99. The number of hydrogen-bond acceptors (Lipinski definition) is 5.